The molecule has 2 atom stereocenters. The van der Waals surface area contributed by atoms with Gasteiger partial charge in [-0.05, 0) is 23.3 Å². The summed E-state index contributed by atoms with van der Waals surface area (Å²) in [5.41, 5.74) is 2.15. The van der Waals surface area contributed by atoms with Crippen molar-refractivity contribution in [3.63, 3.8) is 0 Å². The fraction of sp³-hybridized carbons (Fsp3) is 0.357. The van der Waals surface area contributed by atoms with Gasteiger partial charge in [0.25, 0.3) is 0 Å². The van der Waals surface area contributed by atoms with Crippen molar-refractivity contribution in [2.45, 2.75) is 38.3 Å². The number of methoxy groups -OCH3 is 2. The average molecular weight is 483 g/mol. The standard InChI is InChI=1S/C28H34O7/c1-31-27(29)15-13-25(17-19-33-21-23-9-5-3-6-10-23)35-26(14-16-28(30)32-2)18-20-34-22-24-11-7-4-8-12-24/h3-16,25-26H,17-22H2,1-2H3/b15-13+,16-14+/t25-,26?/m0/s1. The van der Waals surface area contributed by atoms with Crippen molar-refractivity contribution >= 4 is 11.9 Å². The Morgan fingerprint density at radius 3 is 1.46 bits per heavy atom. The van der Waals surface area contributed by atoms with Crippen LogP contribution >= 0.6 is 0 Å². The predicted octanol–water partition coefficient (Wildman–Crippen LogP) is 4.41. The second kappa shape index (κ2) is 17.2. The van der Waals surface area contributed by atoms with E-state index in [9.17, 15) is 9.59 Å². The molecule has 0 amide bonds. The normalized spacial score (nSPS) is 13.1. The molecule has 0 spiro atoms. The van der Waals surface area contributed by atoms with Gasteiger partial charge >= 0.3 is 11.9 Å². The van der Waals surface area contributed by atoms with Crippen LogP contribution in [0.15, 0.2) is 85.0 Å². The molecule has 0 radical (unpaired) electrons. The molecule has 0 bridgehead atoms. The van der Waals surface area contributed by atoms with E-state index in [1.165, 1.54) is 26.4 Å². The number of hydrogen-bond acceptors (Lipinski definition) is 7. The van der Waals surface area contributed by atoms with Crippen molar-refractivity contribution in [2.24, 2.45) is 0 Å². The first kappa shape index (κ1) is 28.0. The minimum atomic E-state index is -0.475. The molecule has 7 heteroatoms. The molecule has 0 saturated carbocycles. The summed E-state index contributed by atoms with van der Waals surface area (Å²) in [5.74, 6) is -0.951. The molecule has 0 heterocycles. The third-order valence-electron chi connectivity index (χ3n) is 4.96. The molecule has 1 unspecified atom stereocenters. The summed E-state index contributed by atoms with van der Waals surface area (Å²) in [5, 5.41) is 0. The van der Waals surface area contributed by atoms with Crippen molar-refractivity contribution in [2.75, 3.05) is 27.4 Å². The van der Waals surface area contributed by atoms with E-state index in [0.29, 0.717) is 39.3 Å². The van der Waals surface area contributed by atoms with E-state index in [4.69, 9.17) is 23.7 Å². The first-order valence-electron chi connectivity index (χ1n) is 11.5. The minimum Gasteiger partial charge on any atom is -0.466 e. The van der Waals surface area contributed by atoms with Gasteiger partial charge in [-0.2, -0.15) is 0 Å². The lowest BCUT2D eigenvalue weighted by Crippen LogP contribution is -2.23. The Balaban J connectivity index is 1.95. The second-order valence-corrected chi connectivity index (χ2v) is 7.63. The Morgan fingerprint density at radius 1 is 0.686 bits per heavy atom. The molecule has 0 aliphatic rings. The molecule has 0 N–H and O–H groups in total. The Labute approximate surface area is 207 Å². The van der Waals surface area contributed by atoms with Crippen LogP contribution in [0.2, 0.25) is 0 Å². The summed E-state index contributed by atoms with van der Waals surface area (Å²) < 4.78 is 27.2. The van der Waals surface area contributed by atoms with Crippen LogP contribution in [0.3, 0.4) is 0 Å². The quantitative estimate of drug-likeness (QED) is 0.199. The second-order valence-electron chi connectivity index (χ2n) is 7.63. The zero-order chi connectivity index (χ0) is 25.1. The predicted molar refractivity (Wildman–Crippen MR) is 132 cm³/mol. The van der Waals surface area contributed by atoms with E-state index in [-0.39, 0.29) is 0 Å². The van der Waals surface area contributed by atoms with Gasteiger partial charge < -0.3 is 23.7 Å². The number of esters is 2. The SMILES string of the molecule is COC(=O)/C=C/C(CCOCc1ccccc1)O[C@@H](/C=C/C(=O)OC)CCOCc1ccccc1. The van der Waals surface area contributed by atoms with E-state index in [0.717, 1.165) is 11.1 Å². The Hall–Kier alpha value is -3.26. The lowest BCUT2D eigenvalue weighted by atomic mass is 10.2. The molecule has 35 heavy (non-hydrogen) atoms. The number of carbonyl (C=O) groups excluding carboxylic acids is 2. The highest BCUT2D eigenvalue weighted by atomic mass is 16.5. The molecule has 2 rings (SSSR count). The monoisotopic (exact) mass is 482 g/mol. The van der Waals surface area contributed by atoms with E-state index < -0.39 is 24.1 Å². The molecule has 0 saturated heterocycles. The van der Waals surface area contributed by atoms with Crippen LogP contribution < -0.4 is 0 Å². The summed E-state index contributed by atoms with van der Waals surface area (Å²) in [6.07, 6.45) is 6.08. The van der Waals surface area contributed by atoms with Crippen molar-refractivity contribution in [3.8, 4) is 0 Å². The fourth-order valence-corrected chi connectivity index (χ4v) is 3.08. The number of ether oxygens (including phenoxy) is 5. The molecule has 0 aliphatic carbocycles. The van der Waals surface area contributed by atoms with Gasteiger partial charge in [0.2, 0.25) is 0 Å². The maximum atomic E-state index is 11.6. The first-order valence-corrected chi connectivity index (χ1v) is 11.5. The Bertz CT molecular complexity index is 834. The lowest BCUT2D eigenvalue weighted by molar-refractivity contribution is -0.135. The average Bonchev–Trinajstić information content (AvgIpc) is 2.90. The van der Waals surface area contributed by atoms with Gasteiger partial charge in [-0.3, -0.25) is 0 Å². The van der Waals surface area contributed by atoms with Crippen LogP contribution in [0, 0.1) is 0 Å². The number of benzene rings is 2. The van der Waals surface area contributed by atoms with Gasteiger partial charge in [0.15, 0.2) is 0 Å². The Kier molecular flexibility index (Phi) is 13.8. The molecule has 2 aromatic carbocycles. The highest BCUT2D eigenvalue weighted by Gasteiger charge is 2.14. The van der Waals surface area contributed by atoms with E-state index in [1.54, 1.807) is 12.2 Å². The topological polar surface area (TPSA) is 80.3 Å². The number of hydrogen-bond donors (Lipinski definition) is 0. The maximum Gasteiger partial charge on any atom is 0.330 e. The van der Waals surface area contributed by atoms with E-state index in [1.807, 2.05) is 60.7 Å². The van der Waals surface area contributed by atoms with E-state index >= 15 is 0 Å². The zero-order valence-electron chi connectivity index (χ0n) is 20.3. The molecule has 2 aromatic rings. The molecular formula is C28H34O7. The van der Waals surface area contributed by atoms with E-state index in [2.05, 4.69) is 0 Å². The molecule has 188 valence electrons. The zero-order valence-corrected chi connectivity index (χ0v) is 20.3. The molecule has 0 aromatic heterocycles. The summed E-state index contributed by atoms with van der Waals surface area (Å²) in [6.45, 7) is 1.80. The summed E-state index contributed by atoms with van der Waals surface area (Å²) >= 11 is 0. The van der Waals surface area contributed by atoms with Crippen molar-refractivity contribution in [1.82, 2.24) is 0 Å². The van der Waals surface area contributed by atoms with Gasteiger partial charge in [-0.25, -0.2) is 9.59 Å². The third kappa shape index (κ3) is 12.7. The largest absolute Gasteiger partial charge is 0.466 e. The van der Waals surface area contributed by atoms with Crippen molar-refractivity contribution < 1.29 is 33.3 Å². The maximum absolute atomic E-state index is 11.6. The Morgan fingerprint density at radius 2 is 1.09 bits per heavy atom. The highest BCUT2D eigenvalue weighted by Crippen LogP contribution is 2.12. The first-order chi connectivity index (χ1) is 17.1. The third-order valence-corrected chi connectivity index (χ3v) is 4.96. The molecule has 7 nitrogen and oxygen atoms in total. The molecule has 0 fully saturated rings. The van der Waals surface area contributed by atoms with Gasteiger partial charge in [0.05, 0.1) is 39.6 Å². The number of carbonyl (C=O) groups is 2. The molecular weight excluding hydrogens is 448 g/mol. The minimum absolute atomic E-state index is 0.420. The highest BCUT2D eigenvalue weighted by molar-refractivity contribution is 5.82. The van der Waals surface area contributed by atoms with Crippen LogP contribution in [0.1, 0.15) is 24.0 Å². The van der Waals surface area contributed by atoms with Crippen molar-refractivity contribution in [1.29, 1.82) is 0 Å². The van der Waals surface area contributed by atoms with Crippen LogP contribution in [0.5, 0.6) is 0 Å². The van der Waals surface area contributed by atoms with Crippen LogP contribution in [0.25, 0.3) is 0 Å². The molecule has 0 aliphatic heterocycles. The van der Waals surface area contributed by atoms with Gasteiger partial charge in [0.1, 0.15) is 0 Å². The lowest BCUT2D eigenvalue weighted by Gasteiger charge is -2.21. The number of rotatable bonds is 16. The van der Waals surface area contributed by atoms with Gasteiger partial charge in [-0.1, -0.05) is 60.7 Å². The summed E-state index contributed by atoms with van der Waals surface area (Å²) in [6, 6.07) is 19.7. The van der Waals surface area contributed by atoms with Gasteiger partial charge in [-0.15, -0.1) is 0 Å². The summed E-state index contributed by atoms with van der Waals surface area (Å²) in [7, 11) is 2.63. The van der Waals surface area contributed by atoms with Crippen molar-refractivity contribution in [3.05, 3.63) is 96.1 Å². The van der Waals surface area contributed by atoms with Gasteiger partial charge in [0, 0.05) is 38.2 Å². The smallest absolute Gasteiger partial charge is 0.330 e. The van der Waals surface area contributed by atoms with Crippen LogP contribution in [-0.4, -0.2) is 51.6 Å². The van der Waals surface area contributed by atoms with Crippen LogP contribution in [0.4, 0.5) is 0 Å². The van der Waals surface area contributed by atoms with Crippen LogP contribution in [-0.2, 0) is 46.5 Å². The summed E-state index contributed by atoms with van der Waals surface area (Å²) in [4.78, 5) is 23.3. The fourth-order valence-electron chi connectivity index (χ4n) is 3.08.